The fourth-order valence-corrected chi connectivity index (χ4v) is 33.9. The summed E-state index contributed by atoms with van der Waals surface area (Å²) in [6.45, 7) is 31.5. The molecule has 0 aromatic carbocycles. The molecule has 0 atom stereocenters. The lowest BCUT2D eigenvalue weighted by Crippen LogP contribution is -2.37. The lowest BCUT2D eigenvalue weighted by Gasteiger charge is -2.36. The van der Waals surface area contributed by atoms with E-state index < -0.39 is 40.4 Å². The van der Waals surface area contributed by atoms with Gasteiger partial charge in [0, 0.05) is 70.4 Å². The zero-order valence-corrected chi connectivity index (χ0v) is 39.6. The molecular weight excluding hydrogens is 637 g/mol. The molecule has 0 aliphatic rings. The van der Waals surface area contributed by atoms with Gasteiger partial charge < -0.3 is 0 Å². The first-order chi connectivity index (χ1) is 19.1. The number of rotatable bonds is 28. The molecule has 41 heavy (non-hydrogen) atoms. The highest BCUT2D eigenvalue weighted by molar-refractivity contribution is 6.82. The normalized spacial score (nSPS) is 13.8. The van der Waals surface area contributed by atoms with Crippen molar-refractivity contribution in [1.29, 1.82) is 0 Å². The largest absolute Gasteiger partial charge is 0.0733 e. The summed E-state index contributed by atoms with van der Waals surface area (Å²) in [5, 5.41) is 0. The van der Waals surface area contributed by atoms with Crippen LogP contribution in [0.3, 0.4) is 0 Å². The summed E-state index contributed by atoms with van der Waals surface area (Å²) in [6.07, 6.45) is 6.41. The maximum absolute atomic E-state index is 2.73. The number of hydrogen-bond acceptors (Lipinski definition) is 0. The highest BCUT2D eigenvalue weighted by atomic mass is 28.3. The summed E-state index contributed by atoms with van der Waals surface area (Å²) in [5.41, 5.74) is 0. The van der Waals surface area contributed by atoms with Gasteiger partial charge in [0.15, 0.2) is 0 Å². The Hall–Kier alpha value is 1.95. The van der Waals surface area contributed by atoms with Crippen molar-refractivity contribution in [1.82, 2.24) is 0 Å². The molecule has 0 aliphatic heterocycles. The van der Waals surface area contributed by atoms with Crippen molar-refractivity contribution in [3.63, 3.8) is 0 Å². The minimum atomic E-state index is -1.22. The molecule has 0 aromatic rings. The van der Waals surface area contributed by atoms with Gasteiger partial charge in [0.2, 0.25) is 0 Å². The fraction of sp³-hybridized carbons (Fsp3) is 1.00. The van der Waals surface area contributed by atoms with Crippen LogP contribution >= 0.6 is 0 Å². The van der Waals surface area contributed by atoms with Crippen molar-refractivity contribution in [3.8, 4) is 0 Å². The molecule has 0 fully saturated rings. The molecule has 0 N–H and O–H groups in total. The van der Waals surface area contributed by atoms with Crippen molar-refractivity contribution in [2.24, 2.45) is 0 Å². The zero-order valence-electron chi connectivity index (χ0n) is 30.6. The Morgan fingerprint density at radius 3 is 0.659 bits per heavy atom. The van der Waals surface area contributed by atoms with Crippen LogP contribution in [0.4, 0.5) is 0 Å². The quantitative estimate of drug-likeness (QED) is 0.0708. The van der Waals surface area contributed by atoms with Gasteiger partial charge in [-0.2, -0.15) is 0 Å². The van der Waals surface area contributed by atoms with Crippen LogP contribution in [0.25, 0.3) is 0 Å². The Morgan fingerprint density at radius 2 is 0.488 bits per heavy atom. The summed E-state index contributed by atoms with van der Waals surface area (Å²) in [5.74, 6) is 0. The van der Waals surface area contributed by atoms with E-state index in [1.807, 2.05) is 0 Å². The molecule has 0 saturated heterocycles. The van der Waals surface area contributed by atoms with Crippen LogP contribution in [0.1, 0.15) is 25.7 Å². The van der Waals surface area contributed by atoms with Crippen molar-refractivity contribution in [3.05, 3.63) is 0 Å². The van der Waals surface area contributed by atoms with E-state index in [9.17, 15) is 0 Å². The van der Waals surface area contributed by atoms with E-state index in [1.54, 1.807) is 98.2 Å². The maximum Gasteiger partial charge on any atom is 0.0535 e. The van der Waals surface area contributed by atoms with E-state index in [1.165, 1.54) is 24.2 Å². The van der Waals surface area contributed by atoms with Gasteiger partial charge >= 0.3 is 0 Å². The third-order valence-corrected chi connectivity index (χ3v) is 34.3. The van der Waals surface area contributed by atoms with Crippen molar-refractivity contribution in [2.45, 2.75) is 201 Å². The van der Waals surface area contributed by atoms with E-state index in [-0.39, 0.29) is 0 Å². The summed E-state index contributed by atoms with van der Waals surface area (Å²) < 4.78 is 0. The predicted molar refractivity (Wildman–Crippen MR) is 218 cm³/mol. The minimum absolute atomic E-state index is 1.00. The second-order valence-electron chi connectivity index (χ2n) is 17.0. The molecule has 0 nitrogen and oxygen atoms in total. The van der Waals surface area contributed by atoms with Crippen molar-refractivity contribution >= 4 is 78.4 Å². The third kappa shape index (κ3) is 23.0. The molecule has 0 bridgehead atoms. The predicted octanol–water partition coefficient (Wildman–Crippen LogP) is 12.5. The van der Waals surface area contributed by atoms with Crippen LogP contribution in [0, 0.1) is 0 Å². The first-order valence-corrected chi connectivity index (χ1v) is 41.0. The molecule has 0 amide bonds. The smallest absolute Gasteiger partial charge is 0.0535 e. The molecular formula is C32H76Si9. The van der Waals surface area contributed by atoms with Crippen LogP contribution in [0.5, 0.6) is 0 Å². The van der Waals surface area contributed by atoms with Gasteiger partial charge in [0.1, 0.15) is 0 Å². The fourth-order valence-electron chi connectivity index (χ4n) is 6.87. The highest BCUT2D eigenvalue weighted by Crippen LogP contribution is 2.38. The average molecular weight is 714 g/mol. The topological polar surface area (TPSA) is 0 Å². The van der Waals surface area contributed by atoms with Gasteiger partial charge in [-0.25, -0.2) is 0 Å². The van der Waals surface area contributed by atoms with E-state index >= 15 is 0 Å². The van der Waals surface area contributed by atoms with Crippen LogP contribution in [0.15, 0.2) is 0 Å². The molecule has 8 radical (unpaired) electrons. The standard InChI is InChI=1S/C32H76Si9/c1-33-17-29-37(5,6)21-13-25-41(26-14-22-38(7,8)30-18-34-2,27-15-23-39(9,10)31-19-35-3)28-16-24-40(11,12)32-20-36-4/h13-32H2,1-12H3. The molecule has 9 heteroatoms. The first-order valence-electron chi connectivity index (χ1n) is 17.7. The summed E-state index contributed by atoms with van der Waals surface area (Å²) in [6, 6.07) is 25.7. The SMILES string of the molecule is C[Si]CC[Si](C)(C)CCC[Si](CCC[Si](C)(C)CC[Si]C)(CCC[Si](C)(C)CC[Si]C)CCC[Si](C)(C)CC[Si]C. The Morgan fingerprint density at radius 1 is 0.293 bits per heavy atom. The van der Waals surface area contributed by atoms with Crippen LogP contribution in [-0.4, -0.2) is 78.4 Å². The van der Waals surface area contributed by atoms with Crippen molar-refractivity contribution < 1.29 is 0 Å². The lowest BCUT2D eigenvalue weighted by atomic mass is 10.5. The summed E-state index contributed by atoms with van der Waals surface area (Å²) >= 11 is 0. The molecule has 0 unspecified atom stereocenters. The molecule has 0 spiro atoms. The molecule has 240 valence electrons. The molecule has 0 aromatic heterocycles. The van der Waals surface area contributed by atoms with Gasteiger partial charge in [-0.1, -0.05) is 201 Å². The third-order valence-electron chi connectivity index (χ3n) is 10.4. The van der Waals surface area contributed by atoms with Crippen LogP contribution in [0.2, 0.25) is 175 Å². The van der Waals surface area contributed by atoms with E-state index in [0.29, 0.717) is 0 Å². The molecule has 0 heterocycles. The molecule has 0 saturated carbocycles. The Kier molecular flexibility index (Phi) is 23.5. The summed E-state index contributed by atoms with van der Waals surface area (Å²) in [7, 11) is -0.572. The van der Waals surface area contributed by atoms with E-state index in [4.69, 9.17) is 0 Å². The highest BCUT2D eigenvalue weighted by Gasteiger charge is 2.35. The van der Waals surface area contributed by atoms with Gasteiger partial charge in [-0.15, -0.1) is 0 Å². The second kappa shape index (κ2) is 22.5. The van der Waals surface area contributed by atoms with Gasteiger partial charge in [-0.3, -0.25) is 0 Å². The average Bonchev–Trinajstić information content (AvgIpc) is 2.88. The van der Waals surface area contributed by atoms with Crippen LogP contribution in [-0.2, 0) is 0 Å². The first kappa shape index (κ1) is 43.0. The maximum atomic E-state index is 2.73. The van der Waals surface area contributed by atoms with E-state index in [0.717, 1.165) is 38.1 Å². The monoisotopic (exact) mass is 712 g/mol. The minimum Gasteiger partial charge on any atom is -0.0733 e. The number of hydrogen-bond donors (Lipinski definition) is 0. The lowest BCUT2D eigenvalue weighted by molar-refractivity contribution is 0.858. The van der Waals surface area contributed by atoms with Gasteiger partial charge in [0.25, 0.3) is 0 Å². The Labute approximate surface area is 277 Å². The van der Waals surface area contributed by atoms with E-state index in [2.05, 4.69) is 78.6 Å². The van der Waals surface area contributed by atoms with Crippen LogP contribution < -0.4 is 0 Å². The Bertz CT molecular complexity index is 525. The molecule has 0 aliphatic carbocycles. The molecule has 0 rings (SSSR count). The zero-order chi connectivity index (χ0) is 31.5. The Balaban J connectivity index is 5.76. The second-order valence-corrected chi connectivity index (χ2v) is 48.1. The van der Waals surface area contributed by atoms with Gasteiger partial charge in [0.05, 0.1) is 8.07 Å². The van der Waals surface area contributed by atoms with Crippen molar-refractivity contribution in [2.75, 3.05) is 0 Å². The summed E-state index contributed by atoms with van der Waals surface area (Å²) in [4.78, 5) is 0. The van der Waals surface area contributed by atoms with Gasteiger partial charge in [-0.05, 0) is 0 Å².